The maximum absolute atomic E-state index is 3.94. The van der Waals surface area contributed by atoms with Crippen LogP contribution in [0.2, 0.25) is 0 Å². The van der Waals surface area contributed by atoms with Gasteiger partial charge in [0.2, 0.25) is 0 Å². The highest BCUT2D eigenvalue weighted by Gasteiger charge is 2.27. The fraction of sp³-hybridized carbons (Fsp3) is 1.00. The van der Waals surface area contributed by atoms with Gasteiger partial charge in [-0.25, -0.2) is 0 Å². The standard InChI is InChI=1S/C25H50N2/c1-20(2)11-9-15-22-13-5-7-17-24(22)26-19-27-25-18-8-6-14-23(25)16-10-12-21(3)4/h20-27H,5-19H2,1-4H3. The summed E-state index contributed by atoms with van der Waals surface area (Å²) in [6.07, 6.45) is 20.0. The minimum Gasteiger partial charge on any atom is -0.301 e. The lowest BCUT2D eigenvalue weighted by atomic mass is 9.80. The van der Waals surface area contributed by atoms with E-state index >= 15 is 0 Å². The molecule has 0 aromatic heterocycles. The zero-order valence-electron chi connectivity index (χ0n) is 19.1. The molecular weight excluding hydrogens is 328 g/mol. The van der Waals surface area contributed by atoms with Crippen molar-refractivity contribution in [1.82, 2.24) is 10.6 Å². The summed E-state index contributed by atoms with van der Waals surface area (Å²) in [5.41, 5.74) is 0. The van der Waals surface area contributed by atoms with Crippen molar-refractivity contribution in [2.45, 2.75) is 130 Å². The molecule has 0 radical (unpaired) electrons. The Kier molecular flexibility index (Phi) is 11.3. The highest BCUT2D eigenvalue weighted by Crippen LogP contribution is 2.30. The van der Waals surface area contributed by atoms with Crippen molar-refractivity contribution in [3.8, 4) is 0 Å². The third kappa shape index (κ3) is 9.31. The molecule has 0 bridgehead atoms. The van der Waals surface area contributed by atoms with Crippen molar-refractivity contribution < 1.29 is 0 Å². The summed E-state index contributed by atoms with van der Waals surface area (Å²) in [5.74, 6) is 3.57. The molecule has 2 saturated carbocycles. The summed E-state index contributed by atoms with van der Waals surface area (Å²) < 4.78 is 0. The molecule has 2 N–H and O–H groups in total. The van der Waals surface area contributed by atoms with Crippen LogP contribution < -0.4 is 10.6 Å². The van der Waals surface area contributed by atoms with E-state index in [4.69, 9.17) is 0 Å². The van der Waals surface area contributed by atoms with Crippen molar-refractivity contribution in [2.24, 2.45) is 23.7 Å². The molecule has 2 heteroatoms. The normalized spacial score (nSPS) is 29.6. The van der Waals surface area contributed by atoms with Gasteiger partial charge in [-0.05, 0) is 62.2 Å². The van der Waals surface area contributed by atoms with E-state index in [-0.39, 0.29) is 0 Å². The molecule has 27 heavy (non-hydrogen) atoms. The number of hydrogen-bond donors (Lipinski definition) is 2. The van der Waals surface area contributed by atoms with Crippen LogP contribution >= 0.6 is 0 Å². The van der Waals surface area contributed by atoms with E-state index in [1.165, 1.54) is 89.9 Å². The van der Waals surface area contributed by atoms with Gasteiger partial charge in [0.05, 0.1) is 0 Å². The van der Waals surface area contributed by atoms with Crippen LogP contribution in [-0.4, -0.2) is 18.8 Å². The van der Waals surface area contributed by atoms with Gasteiger partial charge in [-0.1, -0.05) is 79.1 Å². The van der Waals surface area contributed by atoms with Crippen LogP contribution in [0.15, 0.2) is 0 Å². The topological polar surface area (TPSA) is 24.1 Å². The monoisotopic (exact) mass is 378 g/mol. The van der Waals surface area contributed by atoms with Gasteiger partial charge in [0, 0.05) is 18.8 Å². The lowest BCUT2D eigenvalue weighted by Gasteiger charge is -2.36. The summed E-state index contributed by atoms with van der Waals surface area (Å²) in [6, 6.07) is 1.53. The van der Waals surface area contributed by atoms with Crippen molar-refractivity contribution >= 4 is 0 Å². The third-order valence-electron chi connectivity index (χ3n) is 7.26. The van der Waals surface area contributed by atoms with Crippen LogP contribution in [0, 0.1) is 23.7 Å². The fourth-order valence-electron chi connectivity index (χ4n) is 5.54. The van der Waals surface area contributed by atoms with Gasteiger partial charge in [0.25, 0.3) is 0 Å². The van der Waals surface area contributed by atoms with Crippen LogP contribution in [0.25, 0.3) is 0 Å². The zero-order chi connectivity index (χ0) is 19.5. The van der Waals surface area contributed by atoms with E-state index in [0.717, 1.165) is 42.4 Å². The molecule has 2 aliphatic rings. The Bertz CT molecular complexity index is 331. The average Bonchev–Trinajstić information content (AvgIpc) is 2.63. The first kappa shape index (κ1) is 23.2. The van der Waals surface area contributed by atoms with E-state index in [2.05, 4.69) is 38.3 Å². The van der Waals surface area contributed by atoms with E-state index < -0.39 is 0 Å². The second-order valence-corrected chi connectivity index (χ2v) is 10.5. The van der Waals surface area contributed by atoms with Crippen LogP contribution in [0.3, 0.4) is 0 Å². The molecular formula is C25H50N2. The van der Waals surface area contributed by atoms with Crippen LogP contribution in [0.1, 0.15) is 118 Å². The van der Waals surface area contributed by atoms with E-state index in [0.29, 0.717) is 0 Å². The highest BCUT2D eigenvalue weighted by atomic mass is 15.1. The first-order chi connectivity index (χ1) is 13.1. The van der Waals surface area contributed by atoms with E-state index in [1.54, 1.807) is 0 Å². The molecule has 0 amide bonds. The van der Waals surface area contributed by atoms with Crippen molar-refractivity contribution in [2.75, 3.05) is 6.67 Å². The highest BCUT2D eigenvalue weighted by molar-refractivity contribution is 4.84. The molecule has 4 atom stereocenters. The number of nitrogens with one attached hydrogen (secondary N) is 2. The molecule has 2 nitrogen and oxygen atoms in total. The van der Waals surface area contributed by atoms with Crippen LogP contribution in [0.4, 0.5) is 0 Å². The molecule has 4 unspecified atom stereocenters. The lowest BCUT2D eigenvalue weighted by molar-refractivity contribution is 0.208. The molecule has 0 aromatic carbocycles. The quantitative estimate of drug-likeness (QED) is 0.361. The Morgan fingerprint density at radius 1 is 0.630 bits per heavy atom. The first-order valence-corrected chi connectivity index (χ1v) is 12.5. The molecule has 2 fully saturated rings. The summed E-state index contributed by atoms with van der Waals surface area (Å²) in [6.45, 7) is 10.5. The maximum atomic E-state index is 3.94. The minimum absolute atomic E-state index is 0.765. The van der Waals surface area contributed by atoms with Gasteiger partial charge in [-0.3, -0.25) is 0 Å². The predicted molar refractivity (Wildman–Crippen MR) is 120 cm³/mol. The average molecular weight is 379 g/mol. The Morgan fingerprint density at radius 2 is 1.04 bits per heavy atom. The predicted octanol–water partition coefficient (Wildman–Crippen LogP) is 6.89. The van der Waals surface area contributed by atoms with Gasteiger partial charge in [0.1, 0.15) is 0 Å². The Morgan fingerprint density at radius 3 is 1.44 bits per heavy atom. The molecule has 0 heterocycles. The smallest absolute Gasteiger partial charge is 0.0458 e. The van der Waals surface area contributed by atoms with E-state index in [9.17, 15) is 0 Å². The molecule has 0 saturated heterocycles. The summed E-state index contributed by atoms with van der Waals surface area (Å²) in [7, 11) is 0. The van der Waals surface area contributed by atoms with Crippen molar-refractivity contribution in [3.63, 3.8) is 0 Å². The summed E-state index contributed by atoms with van der Waals surface area (Å²) in [5, 5.41) is 7.88. The van der Waals surface area contributed by atoms with Crippen molar-refractivity contribution in [3.05, 3.63) is 0 Å². The SMILES string of the molecule is CC(C)CCCC1CCCCC1NCNC1CCCCC1CCCC(C)C. The van der Waals surface area contributed by atoms with Crippen LogP contribution in [0.5, 0.6) is 0 Å². The molecule has 0 aromatic rings. The molecule has 0 aliphatic heterocycles. The van der Waals surface area contributed by atoms with Gasteiger partial charge in [-0.2, -0.15) is 0 Å². The maximum Gasteiger partial charge on any atom is 0.0458 e. The Labute approximate surface area is 171 Å². The minimum atomic E-state index is 0.765. The molecule has 2 aliphatic carbocycles. The second-order valence-electron chi connectivity index (χ2n) is 10.5. The lowest BCUT2D eigenvalue weighted by Crippen LogP contribution is -2.48. The first-order valence-electron chi connectivity index (χ1n) is 12.5. The van der Waals surface area contributed by atoms with E-state index in [1.807, 2.05) is 0 Å². The van der Waals surface area contributed by atoms with Crippen LogP contribution in [-0.2, 0) is 0 Å². The third-order valence-corrected chi connectivity index (χ3v) is 7.26. The Balaban J connectivity index is 1.69. The van der Waals surface area contributed by atoms with Gasteiger partial charge in [-0.15, -0.1) is 0 Å². The molecule has 0 spiro atoms. The van der Waals surface area contributed by atoms with Crippen molar-refractivity contribution in [1.29, 1.82) is 0 Å². The molecule has 2 rings (SSSR count). The zero-order valence-corrected chi connectivity index (χ0v) is 19.1. The Hall–Kier alpha value is -0.0800. The summed E-state index contributed by atoms with van der Waals surface area (Å²) >= 11 is 0. The summed E-state index contributed by atoms with van der Waals surface area (Å²) in [4.78, 5) is 0. The van der Waals surface area contributed by atoms with Gasteiger partial charge < -0.3 is 10.6 Å². The largest absolute Gasteiger partial charge is 0.301 e. The fourth-order valence-corrected chi connectivity index (χ4v) is 5.54. The number of hydrogen-bond acceptors (Lipinski definition) is 2. The second kappa shape index (κ2) is 13.2. The molecule has 160 valence electrons. The van der Waals surface area contributed by atoms with Gasteiger partial charge in [0.15, 0.2) is 0 Å². The number of rotatable bonds is 12. The van der Waals surface area contributed by atoms with Gasteiger partial charge >= 0.3 is 0 Å².